The Bertz CT molecular complexity index is 403. The number of carbonyl (C=O) groups excluding carboxylic acids is 1. The number of aromatic nitrogens is 1. The van der Waals surface area contributed by atoms with Gasteiger partial charge in [-0.05, 0) is 13.0 Å². The molecule has 1 unspecified atom stereocenters. The second-order valence-corrected chi connectivity index (χ2v) is 3.87. The van der Waals surface area contributed by atoms with E-state index < -0.39 is 0 Å². The molecule has 80 valence electrons. The van der Waals surface area contributed by atoms with Crippen LogP contribution in [-0.2, 0) is 7.05 Å². The van der Waals surface area contributed by atoms with Gasteiger partial charge in [0, 0.05) is 25.7 Å². The summed E-state index contributed by atoms with van der Waals surface area (Å²) < 4.78 is 1.68. The topological polar surface area (TPSA) is 34.0 Å². The predicted octanol–water partition coefficient (Wildman–Crippen LogP) is 1.82. The van der Waals surface area contributed by atoms with Crippen LogP contribution in [0.2, 0.25) is 5.02 Å². The first-order valence-electron chi connectivity index (χ1n) is 4.60. The minimum Gasteiger partial charge on any atom is -0.347 e. The van der Waals surface area contributed by atoms with E-state index in [9.17, 15) is 4.79 Å². The fourth-order valence-corrected chi connectivity index (χ4v) is 1.53. The van der Waals surface area contributed by atoms with Crippen LogP contribution in [0.3, 0.4) is 0 Å². The van der Waals surface area contributed by atoms with Gasteiger partial charge >= 0.3 is 0 Å². The quantitative estimate of drug-likeness (QED) is 0.781. The van der Waals surface area contributed by atoms with Gasteiger partial charge in [-0.2, -0.15) is 0 Å². The highest BCUT2D eigenvalue weighted by atomic mass is 35.5. The Morgan fingerprint density at radius 3 is 2.93 bits per heavy atom. The number of rotatable bonds is 3. The van der Waals surface area contributed by atoms with E-state index in [-0.39, 0.29) is 11.9 Å². The lowest BCUT2D eigenvalue weighted by Crippen LogP contribution is -2.33. The minimum atomic E-state index is -0.160. The van der Waals surface area contributed by atoms with E-state index in [1.54, 1.807) is 23.9 Å². The maximum Gasteiger partial charge on any atom is 0.268 e. The second kappa shape index (κ2) is 4.90. The Balaban J connectivity index is 2.70. The highest BCUT2D eigenvalue weighted by molar-refractivity contribution is 6.31. The number of carbonyl (C=O) groups is 1. The Morgan fingerprint density at radius 2 is 2.47 bits per heavy atom. The maximum atomic E-state index is 11.7. The van der Waals surface area contributed by atoms with Crippen LogP contribution < -0.4 is 5.32 Å². The Labute approximate surface area is 94.4 Å². The van der Waals surface area contributed by atoms with Crippen LogP contribution in [-0.4, -0.2) is 16.5 Å². The van der Waals surface area contributed by atoms with Crippen LogP contribution >= 0.6 is 11.6 Å². The van der Waals surface area contributed by atoms with Gasteiger partial charge in [-0.25, -0.2) is 0 Å². The third-order valence-corrected chi connectivity index (χ3v) is 2.21. The lowest BCUT2D eigenvalue weighted by molar-refractivity contribution is 0.0932. The van der Waals surface area contributed by atoms with Crippen LogP contribution in [0.5, 0.6) is 0 Å². The van der Waals surface area contributed by atoms with Crippen LogP contribution in [0.4, 0.5) is 0 Å². The first-order chi connectivity index (χ1) is 7.04. The van der Waals surface area contributed by atoms with Gasteiger partial charge in [0.2, 0.25) is 0 Å². The lowest BCUT2D eigenvalue weighted by Gasteiger charge is -2.10. The molecule has 4 heteroatoms. The molecule has 1 aromatic heterocycles. The lowest BCUT2D eigenvalue weighted by atomic mass is 10.2. The Hall–Kier alpha value is -1.40. The summed E-state index contributed by atoms with van der Waals surface area (Å²) in [5.74, 6) is 2.34. The summed E-state index contributed by atoms with van der Waals surface area (Å²) >= 11 is 5.77. The molecule has 0 aliphatic heterocycles. The number of hydrogen-bond acceptors (Lipinski definition) is 1. The van der Waals surface area contributed by atoms with E-state index in [0.29, 0.717) is 17.1 Å². The Kier molecular flexibility index (Phi) is 3.81. The van der Waals surface area contributed by atoms with Crippen molar-refractivity contribution in [2.75, 3.05) is 0 Å². The molecule has 0 aromatic carbocycles. The molecule has 1 aromatic rings. The molecule has 0 bridgehead atoms. The minimum absolute atomic E-state index is 0.0313. The van der Waals surface area contributed by atoms with Gasteiger partial charge in [-0.15, -0.1) is 12.3 Å². The van der Waals surface area contributed by atoms with Crippen molar-refractivity contribution in [2.24, 2.45) is 7.05 Å². The van der Waals surface area contributed by atoms with Crippen molar-refractivity contribution < 1.29 is 4.79 Å². The van der Waals surface area contributed by atoms with Gasteiger partial charge in [0.15, 0.2) is 0 Å². The van der Waals surface area contributed by atoms with Crippen LogP contribution in [0, 0.1) is 12.3 Å². The predicted molar refractivity (Wildman–Crippen MR) is 60.8 cm³/mol. The molecule has 1 atom stereocenters. The summed E-state index contributed by atoms with van der Waals surface area (Å²) in [6.45, 7) is 1.86. The van der Waals surface area contributed by atoms with E-state index in [4.69, 9.17) is 18.0 Å². The molecule has 1 heterocycles. The average molecular weight is 225 g/mol. The molecule has 0 aliphatic carbocycles. The van der Waals surface area contributed by atoms with Crippen molar-refractivity contribution in [3.63, 3.8) is 0 Å². The molecule has 0 saturated heterocycles. The van der Waals surface area contributed by atoms with Gasteiger partial charge in [-0.1, -0.05) is 11.6 Å². The van der Waals surface area contributed by atoms with Crippen molar-refractivity contribution in [1.29, 1.82) is 0 Å². The molecular formula is C11H13ClN2O. The molecule has 0 aliphatic rings. The number of halogens is 1. The number of nitrogens with one attached hydrogen (secondary N) is 1. The highest BCUT2D eigenvalue weighted by Gasteiger charge is 2.12. The zero-order valence-electron chi connectivity index (χ0n) is 8.75. The smallest absolute Gasteiger partial charge is 0.268 e. The largest absolute Gasteiger partial charge is 0.347 e. The fraction of sp³-hybridized carbons (Fsp3) is 0.364. The number of terminal acetylenes is 1. The van der Waals surface area contributed by atoms with Crippen LogP contribution in [0.15, 0.2) is 12.3 Å². The van der Waals surface area contributed by atoms with Crippen molar-refractivity contribution >= 4 is 17.5 Å². The first-order valence-corrected chi connectivity index (χ1v) is 4.98. The van der Waals surface area contributed by atoms with Crippen LogP contribution in [0.1, 0.15) is 23.8 Å². The van der Waals surface area contributed by atoms with Gasteiger partial charge in [0.1, 0.15) is 5.69 Å². The maximum absolute atomic E-state index is 11.7. The molecule has 0 saturated carbocycles. The summed E-state index contributed by atoms with van der Waals surface area (Å²) in [5, 5.41) is 3.34. The Morgan fingerprint density at radius 1 is 1.80 bits per heavy atom. The monoisotopic (exact) mass is 224 g/mol. The normalized spacial score (nSPS) is 11.9. The number of amides is 1. The molecule has 1 N–H and O–H groups in total. The van der Waals surface area contributed by atoms with E-state index in [2.05, 4.69) is 11.2 Å². The number of hydrogen-bond donors (Lipinski definition) is 1. The number of nitrogens with zero attached hydrogens (tertiary/aromatic N) is 1. The molecule has 0 radical (unpaired) electrons. The molecular weight excluding hydrogens is 212 g/mol. The van der Waals surface area contributed by atoms with Gasteiger partial charge in [0.05, 0.1) is 5.02 Å². The van der Waals surface area contributed by atoms with Crippen molar-refractivity contribution in [3.8, 4) is 12.3 Å². The molecule has 1 rings (SSSR count). The third kappa shape index (κ3) is 3.03. The summed E-state index contributed by atoms with van der Waals surface area (Å²) in [7, 11) is 1.77. The van der Waals surface area contributed by atoms with E-state index in [0.717, 1.165) is 0 Å². The third-order valence-electron chi connectivity index (χ3n) is 2.01. The average Bonchev–Trinajstić information content (AvgIpc) is 2.45. The summed E-state index contributed by atoms with van der Waals surface area (Å²) in [6, 6.07) is 1.59. The summed E-state index contributed by atoms with van der Waals surface area (Å²) in [4.78, 5) is 11.7. The van der Waals surface area contributed by atoms with Crippen molar-refractivity contribution in [2.45, 2.75) is 19.4 Å². The summed E-state index contributed by atoms with van der Waals surface area (Å²) in [5.41, 5.74) is 0.531. The first kappa shape index (κ1) is 11.7. The SMILES string of the molecule is C#CCC(C)NC(=O)c1cc(Cl)cn1C. The zero-order chi connectivity index (χ0) is 11.4. The second-order valence-electron chi connectivity index (χ2n) is 3.44. The van der Waals surface area contributed by atoms with Gasteiger partial charge in [0.25, 0.3) is 5.91 Å². The molecule has 15 heavy (non-hydrogen) atoms. The number of aryl methyl sites for hydroxylation is 1. The van der Waals surface area contributed by atoms with Gasteiger partial charge < -0.3 is 9.88 Å². The summed E-state index contributed by atoms with van der Waals surface area (Å²) in [6.07, 6.45) is 7.35. The fourth-order valence-electron chi connectivity index (χ4n) is 1.28. The molecule has 3 nitrogen and oxygen atoms in total. The molecule has 0 fully saturated rings. The molecule has 1 amide bonds. The molecule has 0 spiro atoms. The van der Waals surface area contributed by atoms with E-state index in [1.807, 2.05) is 6.92 Å². The standard InChI is InChI=1S/C11H13ClN2O/c1-4-5-8(2)13-11(15)10-6-9(12)7-14(10)3/h1,6-8H,5H2,2-3H3,(H,13,15). The highest BCUT2D eigenvalue weighted by Crippen LogP contribution is 2.12. The van der Waals surface area contributed by atoms with Crippen molar-refractivity contribution in [3.05, 3.63) is 23.0 Å². The van der Waals surface area contributed by atoms with Crippen molar-refractivity contribution in [1.82, 2.24) is 9.88 Å². The van der Waals surface area contributed by atoms with Gasteiger partial charge in [-0.3, -0.25) is 4.79 Å². The van der Waals surface area contributed by atoms with E-state index in [1.165, 1.54) is 0 Å². The van der Waals surface area contributed by atoms with E-state index >= 15 is 0 Å². The van der Waals surface area contributed by atoms with Crippen LogP contribution in [0.25, 0.3) is 0 Å². The zero-order valence-corrected chi connectivity index (χ0v) is 9.51.